The van der Waals surface area contributed by atoms with Crippen molar-refractivity contribution in [1.82, 2.24) is 4.90 Å². The smallest absolute Gasteiger partial charge is 0.0100 e. The molecule has 0 aromatic carbocycles. The van der Waals surface area contributed by atoms with Crippen LogP contribution in [0.3, 0.4) is 0 Å². The minimum atomic E-state index is 0.564. The van der Waals surface area contributed by atoms with E-state index in [9.17, 15) is 0 Å². The molecule has 0 amide bonds. The number of halogens is 1. The normalized spacial score (nSPS) is 26.8. The molecule has 1 atom stereocenters. The number of nitrogens with zero attached hydrogens (tertiary/aromatic N) is 1. The Morgan fingerprint density at radius 1 is 1.18 bits per heavy atom. The molecule has 0 saturated heterocycles. The zero-order valence-corrected chi connectivity index (χ0v) is 13.1. The lowest BCUT2D eigenvalue weighted by Gasteiger charge is -2.38. The molecular weight excluding hydrogens is 274 g/mol. The Balaban J connectivity index is 1.91. The fraction of sp³-hybridized carbons (Fsp3) is 1.00. The van der Waals surface area contributed by atoms with Gasteiger partial charge in [-0.1, -0.05) is 41.6 Å². The molecule has 0 radical (unpaired) electrons. The van der Waals surface area contributed by atoms with Crippen molar-refractivity contribution in [1.29, 1.82) is 0 Å². The zero-order chi connectivity index (χ0) is 12.3. The third kappa shape index (κ3) is 3.70. The summed E-state index contributed by atoms with van der Waals surface area (Å²) in [7, 11) is 2.35. The highest BCUT2D eigenvalue weighted by Gasteiger charge is 2.36. The molecule has 17 heavy (non-hydrogen) atoms. The van der Waals surface area contributed by atoms with E-state index in [0.29, 0.717) is 5.41 Å². The van der Waals surface area contributed by atoms with Crippen LogP contribution in [0, 0.1) is 11.3 Å². The quantitative estimate of drug-likeness (QED) is 0.535. The van der Waals surface area contributed by atoms with Gasteiger partial charge >= 0.3 is 0 Å². The van der Waals surface area contributed by atoms with E-state index in [2.05, 4.69) is 34.8 Å². The van der Waals surface area contributed by atoms with Gasteiger partial charge in [0.15, 0.2) is 0 Å². The van der Waals surface area contributed by atoms with Gasteiger partial charge < -0.3 is 4.90 Å². The molecule has 2 rings (SSSR count). The Hall–Kier alpha value is 0.440. The van der Waals surface area contributed by atoms with Crippen LogP contribution in [0.5, 0.6) is 0 Å². The van der Waals surface area contributed by atoms with Crippen LogP contribution in [-0.2, 0) is 0 Å². The Morgan fingerprint density at radius 2 is 1.76 bits per heavy atom. The van der Waals surface area contributed by atoms with Crippen LogP contribution in [0.2, 0.25) is 0 Å². The lowest BCUT2D eigenvalue weighted by atomic mass is 9.81. The SMILES string of the molecule is CC(C1CC1)N(C)CC1(CBr)CCCCCC1. The molecule has 1 nitrogen and oxygen atoms in total. The standard InChI is InChI=1S/C15H28BrN/c1-13(14-7-8-14)17(2)12-15(11-16)9-5-3-4-6-10-15/h13-14H,3-12H2,1-2H3. The minimum Gasteiger partial charge on any atom is -0.303 e. The second kappa shape index (κ2) is 6.06. The van der Waals surface area contributed by atoms with E-state index in [-0.39, 0.29) is 0 Å². The monoisotopic (exact) mass is 301 g/mol. The van der Waals surface area contributed by atoms with Gasteiger partial charge in [-0.15, -0.1) is 0 Å². The summed E-state index contributed by atoms with van der Waals surface area (Å²) < 4.78 is 0. The molecule has 2 aliphatic carbocycles. The Morgan fingerprint density at radius 3 is 2.24 bits per heavy atom. The summed E-state index contributed by atoms with van der Waals surface area (Å²) in [5, 5.41) is 1.20. The van der Waals surface area contributed by atoms with Crippen molar-refractivity contribution in [2.45, 2.75) is 64.3 Å². The van der Waals surface area contributed by atoms with E-state index in [0.717, 1.165) is 12.0 Å². The maximum Gasteiger partial charge on any atom is 0.0100 e. The number of alkyl halides is 1. The van der Waals surface area contributed by atoms with Crippen LogP contribution in [0.4, 0.5) is 0 Å². The van der Waals surface area contributed by atoms with Gasteiger partial charge in [-0.05, 0) is 51.0 Å². The van der Waals surface area contributed by atoms with Crippen LogP contribution in [-0.4, -0.2) is 29.9 Å². The van der Waals surface area contributed by atoms with Gasteiger partial charge in [-0.3, -0.25) is 0 Å². The second-order valence-electron chi connectivity index (χ2n) is 6.54. The first kappa shape index (κ1) is 13.9. The maximum atomic E-state index is 3.81. The van der Waals surface area contributed by atoms with E-state index in [1.807, 2.05) is 0 Å². The van der Waals surface area contributed by atoms with Crippen molar-refractivity contribution in [3.8, 4) is 0 Å². The predicted octanol–water partition coefficient (Wildman–Crippen LogP) is 4.45. The molecule has 0 spiro atoms. The number of rotatable bonds is 5. The number of hydrogen-bond donors (Lipinski definition) is 0. The summed E-state index contributed by atoms with van der Waals surface area (Å²) in [6.07, 6.45) is 11.6. The molecule has 1 unspecified atom stereocenters. The summed E-state index contributed by atoms with van der Waals surface area (Å²) in [5.41, 5.74) is 0.564. The molecule has 2 saturated carbocycles. The number of hydrogen-bond acceptors (Lipinski definition) is 1. The molecule has 2 aliphatic rings. The average molecular weight is 302 g/mol. The first-order valence-electron chi connectivity index (χ1n) is 7.43. The van der Waals surface area contributed by atoms with Gasteiger partial charge in [0.1, 0.15) is 0 Å². The van der Waals surface area contributed by atoms with E-state index in [4.69, 9.17) is 0 Å². The van der Waals surface area contributed by atoms with Crippen molar-refractivity contribution in [2.24, 2.45) is 11.3 Å². The van der Waals surface area contributed by atoms with Gasteiger partial charge in [0, 0.05) is 17.9 Å². The van der Waals surface area contributed by atoms with Crippen LogP contribution in [0.15, 0.2) is 0 Å². The summed E-state index contributed by atoms with van der Waals surface area (Å²) >= 11 is 3.81. The van der Waals surface area contributed by atoms with Gasteiger partial charge in [0.2, 0.25) is 0 Å². The fourth-order valence-electron chi connectivity index (χ4n) is 3.42. The van der Waals surface area contributed by atoms with Gasteiger partial charge in [-0.2, -0.15) is 0 Å². The third-order valence-electron chi connectivity index (χ3n) is 5.03. The molecule has 0 aromatic rings. The van der Waals surface area contributed by atoms with Crippen molar-refractivity contribution in [3.63, 3.8) is 0 Å². The highest BCUT2D eigenvalue weighted by molar-refractivity contribution is 9.09. The minimum absolute atomic E-state index is 0.564. The molecular formula is C15H28BrN. The molecule has 2 fully saturated rings. The van der Waals surface area contributed by atoms with E-state index in [1.165, 1.54) is 63.2 Å². The topological polar surface area (TPSA) is 3.24 Å². The van der Waals surface area contributed by atoms with Crippen LogP contribution in [0.25, 0.3) is 0 Å². The molecule has 0 aliphatic heterocycles. The largest absolute Gasteiger partial charge is 0.303 e. The first-order chi connectivity index (χ1) is 8.17. The van der Waals surface area contributed by atoms with Crippen molar-refractivity contribution in [2.75, 3.05) is 18.9 Å². The highest BCUT2D eigenvalue weighted by atomic mass is 79.9. The predicted molar refractivity (Wildman–Crippen MR) is 78.7 cm³/mol. The van der Waals surface area contributed by atoms with Gasteiger partial charge in [0.25, 0.3) is 0 Å². The summed E-state index contributed by atoms with van der Waals surface area (Å²) in [6, 6.07) is 0.800. The lowest BCUT2D eigenvalue weighted by molar-refractivity contribution is 0.133. The molecule has 100 valence electrons. The first-order valence-corrected chi connectivity index (χ1v) is 8.55. The highest BCUT2D eigenvalue weighted by Crippen LogP contribution is 2.40. The Labute approximate surface area is 115 Å². The van der Waals surface area contributed by atoms with E-state index >= 15 is 0 Å². The summed E-state index contributed by atoms with van der Waals surface area (Å²) in [5.74, 6) is 0.998. The lowest BCUT2D eigenvalue weighted by Crippen LogP contribution is -2.41. The van der Waals surface area contributed by atoms with Crippen molar-refractivity contribution < 1.29 is 0 Å². The molecule has 0 bridgehead atoms. The zero-order valence-electron chi connectivity index (χ0n) is 11.6. The molecule has 0 aromatic heterocycles. The summed E-state index contributed by atoms with van der Waals surface area (Å²) in [6.45, 7) is 3.73. The van der Waals surface area contributed by atoms with E-state index < -0.39 is 0 Å². The second-order valence-corrected chi connectivity index (χ2v) is 7.10. The van der Waals surface area contributed by atoms with Crippen molar-refractivity contribution >= 4 is 15.9 Å². The van der Waals surface area contributed by atoms with Gasteiger partial charge in [0.05, 0.1) is 0 Å². The summed E-state index contributed by atoms with van der Waals surface area (Å²) in [4.78, 5) is 2.64. The molecule has 0 heterocycles. The maximum absolute atomic E-state index is 3.81. The molecule has 0 N–H and O–H groups in total. The van der Waals surface area contributed by atoms with Crippen LogP contribution >= 0.6 is 15.9 Å². The van der Waals surface area contributed by atoms with E-state index in [1.54, 1.807) is 0 Å². The fourth-order valence-corrected chi connectivity index (χ4v) is 4.16. The average Bonchev–Trinajstić information content (AvgIpc) is 3.16. The third-order valence-corrected chi connectivity index (χ3v) is 6.22. The van der Waals surface area contributed by atoms with Gasteiger partial charge in [-0.25, -0.2) is 0 Å². The van der Waals surface area contributed by atoms with Crippen LogP contribution in [0.1, 0.15) is 58.3 Å². The Kier molecular flexibility index (Phi) is 4.94. The Bertz CT molecular complexity index is 229. The van der Waals surface area contributed by atoms with Crippen molar-refractivity contribution in [3.05, 3.63) is 0 Å². The molecule has 2 heteroatoms. The van der Waals surface area contributed by atoms with Crippen LogP contribution < -0.4 is 0 Å².